The summed E-state index contributed by atoms with van der Waals surface area (Å²) < 4.78 is 11.0. The largest absolute Gasteiger partial charge is 0.466 e. The van der Waals surface area contributed by atoms with Crippen LogP contribution in [0.1, 0.15) is 40.1 Å². The predicted octanol–water partition coefficient (Wildman–Crippen LogP) is 2.94. The van der Waals surface area contributed by atoms with E-state index in [0.717, 1.165) is 0 Å². The van der Waals surface area contributed by atoms with Crippen molar-refractivity contribution in [3.8, 4) is 0 Å². The normalized spacial score (nSPS) is 23.1. The Labute approximate surface area is 154 Å². The van der Waals surface area contributed by atoms with Gasteiger partial charge < -0.3 is 14.8 Å². The first-order valence-electron chi connectivity index (χ1n) is 8.13. The quantitative estimate of drug-likeness (QED) is 0.813. The van der Waals surface area contributed by atoms with E-state index in [1.807, 2.05) is 0 Å². The Morgan fingerprint density at radius 3 is 2.85 bits per heavy atom. The maximum absolute atomic E-state index is 13.0. The lowest BCUT2D eigenvalue weighted by molar-refractivity contribution is -0.156. The molecule has 2 aliphatic heterocycles. The van der Waals surface area contributed by atoms with Crippen LogP contribution in [0, 0.1) is 5.41 Å². The standard InChI is InChI=1S/C19H15ClN2O4/c1-2-25-18(24)19(14-6-4-3-5-12(14)17(23)22-19)15-11-8-7-10(20)9-13(11)16(21)26-15/h3-9,15,21H,2H2,1H3,(H,22,23)/t15-,19-/m1/s1. The van der Waals surface area contributed by atoms with Crippen LogP contribution < -0.4 is 5.32 Å². The maximum atomic E-state index is 13.0. The zero-order valence-corrected chi connectivity index (χ0v) is 14.6. The van der Waals surface area contributed by atoms with E-state index in [4.69, 9.17) is 26.5 Å². The summed E-state index contributed by atoms with van der Waals surface area (Å²) in [5.74, 6) is -1.11. The van der Waals surface area contributed by atoms with Crippen LogP contribution >= 0.6 is 11.6 Å². The van der Waals surface area contributed by atoms with Crippen molar-refractivity contribution in [1.29, 1.82) is 5.41 Å². The van der Waals surface area contributed by atoms with Gasteiger partial charge in [-0.2, -0.15) is 0 Å². The number of fused-ring (bicyclic) bond motifs is 2. The van der Waals surface area contributed by atoms with E-state index < -0.39 is 17.6 Å². The molecule has 132 valence electrons. The Kier molecular flexibility index (Phi) is 3.73. The van der Waals surface area contributed by atoms with Crippen molar-refractivity contribution in [2.24, 2.45) is 0 Å². The molecule has 2 aliphatic rings. The molecule has 0 aromatic heterocycles. The van der Waals surface area contributed by atoms with Gasteiger partial charge in [-0.1, -0.05) is 35.9 Å². The van der Waals surface area contributed by atoms with Gasteiger partial charge >= 0.3 is 5.97 Å². The summed E-state index contributed by atoms with van der Waals surface area (Å²) in [7, 11) is 0. The topological polar surface area (TPSA) is 88.5 Å². The second-order valence-corrected chi connectivity index (χ2v) is 6.52. The highest BCUT2D eigenvalue weighted by Gasteiger charge is 2.59. The summed E-state index contributed by atoms with van der Waals surface area (Å²) >= 11 is 6.03. The summed E-state index contributed by atoms with van der Waals surface area (Å²) in [5, 5.41) is 11.4. The molecule has 2 heterocycles. The van der Waals surface area contributed by atoms with Crippen LogP contribution in [0.2, 0.25) is 5.02 Å². The molecule has 0 aliphatic carbocycles. The number of hydrogen-bond acceptors (Lipinski definition) is 5. The third kappa shape index (κ3) is 2.15. The lowest BCUT2D eigenvalue weighted by Gasteiger charge is -2.33. The summed E-state index contributed by atoms with van der Waals surface area (Å²) in [6.45, 7) is 1.84. The first-order valence-corrected chi connectivity index (χ1v) is 8.51. The molecule has 0 radical (unpaired) electrons. The van der Waals surface area contributed by atoms with E-state index >= 15 is 0 Å². The number of benzene rings is 2. The van der Waals surface area contributed by atoms with Crippen molar-refractivity contribution >= 4 is 29.4 Å². The molecule has 2 atom stereocenters. The van der Waals surface area contributed by atoms with Gasteiger partial charge in [-0.15, -0.1) is 0 Å². The van der Waals surface area contributed by atoms with Gasteiger partial charge in [0.25, 0.3) is 5.91 Å². The minimum Gasteiger partial charge on any atom is -0.466 e. The van der Waals surface area contributed by atoms with Crippen LogP contribution in [-0.4, -0.2) is 24.4 Å². The van der Waals surface area contributed by atoms with Gasteiger partial charge in [0, 0.05) is 27.3 Å². The summed E-state index contributed by atoms with van der Waals surface area (Å²) in [5.41, 5.74) is 0.395. The number of amides is 1. The first-order chi connectivity index (χ1) is 12.5. The Hall–Kier alpha value is -2.86. The van der Waals surface area contributed by atoms with Crippen molar-refractivity contribution in [2.75, 3.05) is 6.61 Å². The lowest BCUT2D eigenvalue weighted by atomic mass is 9.81. The molecule has 2 aromatic rings. The number of carbonyl (C=O) groups excluding carboxylic acids is 2. The van der Waals surface area contributed by atoms with Crippen molar-refractivity contribution in [1.82, 2.24) is 5.32 Å². The van der Waals surface area contributed by atoms with E-state index in [9.17, 15) is 9.59 Å². The summed E-state index contributed by atoms with van der Waals surface area (Å²) in [6, 6.07) is 11.8. The van der Waals surface area contributed by atoms with Crippen molar-refractivity contribution in [2.45, 2.75) is 18.6 Å². The van der Waals surface area contributed by atoms with Gasteiger partial charge in [0.1, 0.15) is 0 Å². The molecule has 26 heavy (non-hydrogen) atoms. The molecule has 0 spiro atoms. The molecule has 0 bridgehead atoms. The number of carbonyl (C=O) groups is 2. The molecule has 0 fully saturated rings. The van der Waals surface area contributed by atoms with Crippen LogP contribution in [0.3, 0.4) is 0 Å². The zero-order chi connectivity index (χ0) is 18.5. The molecule has 6 nitrogen and oxygen atoms in total. The molecule has 0 saturated carbocycles. The second-order valence-electron chi connectivity index (χ2n) is 6.09. The van der Waals surface area contributed by atoms with Gasteiger partial charge in [0.2, 0.25) is 11.4 Å². The third-order valence-electron chi connectivity index (χ3n) is 4.68. The number of ether oxygens (including phenoxy) is 2. The van der Waals surface area contributed by atoms with Crippen LogP contribution in [-0.2, 0) is 19.8 Å². The van der Waals surface area contributed by atoms with Crippen molar-refractivity contribution < 1.29 is 19.1 Å². The van der Waals surface area contributed by atoms with Gasteiger partial charge in [-0.3, -0.25) is 10.2 Å². The Bertz CT molecular complexity index is 958. The summed E-state index contributed by atoms with van der Waals surface area (Å²) in [4.78, 5) is 25.6. The highest BCUT2D eigenvalue weighted by Crippen LogP contribution is 2.48. The highest BCUT2D eigenvalue weighted by atomic mass is 35.5. The molecular formula is C19H15ClN2O4. The van der Waals surface area contributed by atoms with E-state index in [1.165, 1.54) is 0 Å². The van der Waals surface area contributed by atoms with Crippen molar-refractivity contribution in [3.63, 3.8) is 0 Å². The second kappa shape index (κ2) is 5.85. The predicted molar refractivity (Wildman–Crippen MR) is 94.3 cm³/mol. The van der Waals surface area contributed by atoms with E-state index in [2.05, 4.69) is 5.32 Å². The Morgan fingerprint density at radius 2 is 2.08 bits per heavy atom. The minimum absolute atomic E-state index is 0.102. The van der Waals surface area contributed by atoms with Crippen LogP contribution in [0.25, 0.3) is 0 Å². The average Bonchev–Trinajstić information content (AvgIpc) is 3.11. The van der Waals surface area contributed by atoms with E-state index in [-0.39, 0.29) is 18.4 Å². The molecule has 1 amide bonds. The SMILES string of the molecule is CCOC(=O)[C@@]1([C@@H]2OC(=N)c3cc(Cl)ccc32)NC(=O)c2ccccc21. The molecule has 0 saturated heterocycles. The number of esters is 1. The summed E-state index contributed by atoms with van der Waals surface area (Å²) in [6.07, 6.45) is -0.922. The number of hydrogen-bond donors (Lipinski definition) is 2. The smallest absolute Gasteiger partial charge is 0.340 e. The maximum Gasteiger partial charge on any atom is 0.340 e. The Morgan fingerprint density at radius 1 is 1.31 bits per heavy atom. The monoisotopic (exact) mass is 370 g/mol. The van der Waals surface area contributed by atoms with Gasteiger partial charge in [-0.25, -0.2) is 4.79 Å². The lowest BCUT2D eigenvalue weighted by Crippen LogP contribution is -2.52. The average molecular weight is 371 g/mol. The third-order valence-corrected chi connectivity index (χ3v) is 4.91. The molecule has 0 unspecified atom stereocenters. The van der Waals surface area contributed by atoms with Crippen LogP contribution in [0.4, 0.5) is 0 Å². The molecule has 7 heteroatoms. The van der Waals surface area contributed by atoms with Gasteiger partial charge in [0.15, 0.2) is 6.10 Å². The first kappa shape index (κ1) is 16.6. The minimum atomic E-state index is -1.56. The van der Waals surface area contributed by atoms with E-state index in [0.29, 0.717) is 27.3 Å². The molecule has 4 rings (SSSR count). The van der Waals surface area contributed by atoms with Gasteiger partial charge in [0.05, 0.1) is 6.61 Å². The molecular weight excluding hydrogens is 356 g/mol. The van der Waals surface area contributed by atoms with Crippen LogP contribution in [0.5, 0.6) is 0 Å². The molecule has 2 N–H and O–H groups in total. The number of rotatable bonds is 3. The fourth-order valence-corrected chi connectivity index (χ4v) is 3.75. The van der Waals surface area contributed by atoms with Crippen molar-refractivity contribution in [3.05, 3.63) is 69.7 Å². The number of halogens is 1. The number of nitrogens with one attached hydrogen (secondary N) is 2. The fourth-order valence-electron chi connectivity index (χ4n) is 3.58. The fraction of sp³-hybridized carbons (Fsp3) is 0.211. The Balaban J connectivity index is 1.95. The molecule has 2 aromatic carbocycles. The van der Waals surface area contributed by atoms with E-state index in [1.54, 1.807) is 49.4 Å². The van der Waals surface area contributed by atoms with Crippen LogP contribution in [0.15, 0.2) is 42.5 Å². The zero-order valence-electron chi connectivity index (χ0n) is 13.8. The highest BCUT2D eigenvalue weighted by molar-refractivity contribution is 6.31. The van der Waals surface area contributed by atoms with Gasteiger partial charge in [-0.05, 0) is 25.1 Å².